The summed E-state index contributed by atoms with van der Waals surface area (Å²) in [4.78, 5) is 38.2. The maximum Gasteiger partial charge on any atom is 0.312 e. The minimum absolute atomic E-state index is 0.0502. The second-order valence-electron chi connectivity index (χ2n) is 6.56. The molecule has 1 fully saturated rings. The van der Waals surface area contributed by atoms with Crippen LogP contribution in [0.4, 0.5) is 5.69 Å². The molecule has 0 aliphatic carbocycles. The van der Waals surface area contributed by atoms with E-state index in [1.165, 1.54) is 5.56 Å². The number of hydrogen-bond donors (Lipinski definition) is 1. The monoisotopic (exact) mass is 366 g/mol. The molecule has 0 saturated carbocycles. The first-order valence-electron chi connectivity index (χ1n) is 8.93. The largest absolute Gasteiger partial charge is 0.447 e. The number of esters is 1. The Morgan fingerprint density at radius 3 is 2.41 bits per heavy atom. The molecule has 0 bridgehead atoms. The van der Waals surface area contributed by atoms with Crippen molar-refractivity contribution in [1.29, 1.82) is 0 Å². The minimum Gasteiger partial charge on any atom is -0.447 e. The Kier molecular flexibility index (Phi) is 5.54. The SMILES string of the molecule is CCc1ccc(N2CC(C(=O)OC(C(N)=O)c3ccccc3)CC2=O)cc1. The van der Waals surface area contributed by atoms with Crippen LogP contribution in [0, 0.1) is 5.92 Å². The number of aryl methyl sites for hydroxylation is 1. The molecule has 1 aliphatic heterocycles. The van der Waals surface area contributed by atoms with Gasteiger partial charge in [0.25, 0.3) is 5.91 Å². The number of anilines is 1. The lowest BCUT2D eigenvalue weighted by Crippen LogP contribution is -2.30. The summed E-state index contributed by atoms with van der Waals surface area (Å²) in [5, 5.41) is 0. The summed E-state index contributed by atoms with van der Waals surface area (Å²) in [5.74, 6) is -2.11. The third-order valence-electron chi connectivity index (χ3n) is 4.71. The van der Waals surface area contributed by atoms with Crippen molar-refractivity contribution in [2.75, 3.05) is 11.4 Å². The molecule has 6 nitrogen and oxygen atoms in total. The summed E-state index contributed by atoms with van der Waals surface area (Å²) in [6.07, 6.45) is -0.196. The molecule has 2 unspecified atom stereocenters. The molecule has 27 heavy (non-hydrogen) atoms. The fraction of sp³-hybridized carbons (Fsp3) is 0.286. The highest BCUT2D eigenvalue weighted by molar-refractivity contribution is 5.99. The van der Waals surface area contributed by atoms with Crippen molar-refractivity contribution in [1.82, 2.24) is 0 Å². The van der Waals surface area contributed by atoms with Crippen LogP contribution in [0.5, 0.6) is 0 Å². The van der Waals surface area contributed by atoms with E-state index in [0.717, 1.165) is 12.1 Å². The van der Waals surface area contributed by atoms with E-state index >= 15 is 0 Å². The van der Waals surface area contributed by atoms with Crippen LogP contribution in [0.1, 0.15) is 30.6 Å². The molecule has 0 radical (unpaired) electrons. The van der Waals surface area contributed by atoms with Crippen LogP contribution in [-0.4, -0.2) is 24.3 Å². The second kappa shape index (κ2) is 8.03. The van der Waals surface area contributed by atoms with Gasteiger partial charge in [-0.3, -0.25) is 14.4 Å². The van der Waals surface area contributed by atoms with Crippen molar-refractivity contribution in [2.45, 2.75) is 25.9 Å². The third kappa shape index (κ3) is 4.16. The number of nitrogens with two attached hydrogens (primary N) is 1. The third-order valence-corrected chi connectivity index (χ3v) is 4.71. The van der Waals surface area contributed by atoms with Gasteiger partial charge in [-0.25, -0.2) is 0 Å². The van der Waals surface area contributed by atoms with E-state index in [4.69, 9.17) is 10.5 Å². The Morgan fingerprint density at radius 1 is 1.15 bits per heavy atom. The molecule has 2 atom stereocenters. The first-order chi connectivity index (χ1) is 13.0. The van der Waals surface area contributed by atoms with Crippen molar-refractivity contribution in [2.24, 2.45) is 11.7 Å². The number of hydrogen-bond acceptors (Lipinski definition) is 4. The second-order valence-corrected chi connectivity index (χ2v) is 6.56. The number of amides is 2. The molecule has 1 heterocycles. The molecule has 2 N–H and O–H groups in total. The first kappa shape index (κ1) is 18.6. The highest BCUT2D eigenvalue weighted by Crippen LogP contribution is 2.28. The summed E-state index contributed by atoms with van der Waals surface area (Å²) in [6, 6.07) is 16.3. The van der Waals surface area contributed by atoms with E-state index in [9.17, 15) is 14.4 Å². The Hall–Kier alpha value is -3.15. The van der Waals surface area contributed by atoms with Gasteiger partial charge in [-0.05, 0) is 24.1 Å². The van der Waals surface area contributed by atoms with Gasteiger partial charge in [0, 0.05) is 24.2 Å². The van der Waals surface area contributed by atoms with Crippen molar-refractivity contribution < 1.29 is 19.1 Å². The van der Waals surface area contributed by atoms with Gasteiger partial charge < -0.3 is 15.4 Å². The van der Waals surface area contributed by atoms with Crippen molar-refractivity contribution in [3.8, 4) is 0 Å². The molecule has 1 saturated heterocycles. The lowest BCUT2D eigenvalue weighted by atomic mass is 10.1. The van der Waals surface area contributed by atoms with Crippen LogP contribution in [-0.2, 0) is 25.5 Å². The summed E-state index contributed by atoms with van der Waals surface area (Å²) in [6.45, 7) is 2.29. The van der Waals surface area contributed by atoms with Gasteiger partial charge in [0.1, 0.15) is 0 Å². The van der Waals surface area contributed by atoms with Crippen LogP contribution in [0.25, 0.3) is 0 Å². The Labute approximate surface area is 157 Å². The summed E-state index contributed by atoms with van der Waals surface area (Å²) >= 11 is 0. The quantitative estimate of drug-likeness (QED) is 0.795. The highest BCUT2D eigenvalue weighted by atomic mass is 16.5. The van der Waals surface area contributed by atoms with Crippen molar-refractivity contribution in [3.05, 3.63) is 65.7 Å². The number of carbonyl (C=O) groups excluding carboxylic acids is 3. The van der Waals surface area contributed by atoms with Crippen LogP contribution in [0.2, 0.25) is 0 Å². The fourth-order valence-electron chi connectivity index (χ4n) is 3.16. The van der Waals surface area contributed by atoms with Gasteiger partial charge >= 0.3 is 5.97 Å². The van der Waals surface area contributed by atoms with E-state index in [1.54, 1.807) is 35.2 Å². The van der Waals surface area contributed by atoms with Gasteiger partial charge in [-0.2, -0.15) is 0 Å². The Morgan fingerprint density at radius 2 is 1.81 bits per heavy atom. The van der Waals surface area contributed by atoms with Crippen LogP contribution < -0.4 is 10.6 Å². The first-order valence-corrected chi connectivity index (χ1v) is 8.93. The number of ether oxygens (including phenoxy) is 1. The van der Waals surface area contributed by atoms with Crippen LogP contribution in [0.15, 0.2) is 54.6 Å². The number of primary amides is 1. The molecule has 0 spiro atoms. The Balaban J connectivity index is 1.70. The number of benzene rings is 2. The molecule has 6 heteroatoms. The topological polar surface area (TPSA) is 89.7 Å². The summed E-state index contributed by atoms with van der Waals surface area (Å²) in [7, 11) is 0. The average molecular weight is 366 g/mol. The molecule has 2 aromatic carbocycles. The highest BCUT2D eigenvalue weighted by Gasteiger charge is 2.38. The van der Waals surface area contributed by atoms with Crippen LogP contribution >= 0.6 is 0 Å². The molecule has 140 valence electrons. The zero-order chi connectivity index (χ0) is 19.4. The zero-order valence-corrected chi connectivity index (χ0v) is 15.1. The smallest absolute Gasteiger partial charge is 0.312 e. The average Bonchev–Trinajstić information content (AvgIpc) is 3.08. The molecule has 3 rings (SSSR count). The summed E-state index contributed by atoms with van der Waals surface area (Å²) in [5.41, 5.74) is 7.83. The van der Waals surface area contributed by atoms with E-state index in [2.05, 4.69) is 6.92 Å². The molecular formula is C21H22N2O4. The van der Waals surface area contributed by atoms with Gasteiger partial charge in [-0.15, -0.1) is 0 Å². The normalized spacial score (nSPS) is 17.6. The van der Waals surface area contributed by atoms with E-state index in [0.29, 0.717) is 5.56 Å². The summed E-state index contributed by atoms with van der Waals surface area (Å²) < 4.78 is 5.36. The fourth-order valence-corrected chi connectivity index (χ4v) is 3.16. The maximum atomic E-state index is 12.5. The van der Waals surface area contributed by atoms with E-state index in [-0.39, 0.29) is 18.9 Å². The van der Waals surface area contributed by atoms with Gasteiger partial charge in [0.05, 0.1) is 5.92 Å². The standard InChI is InChI=1S/C21H22N2O4/c1-2-14-8-10-17(11-9-14)23-13-16(12-18(23)24)21(26)27-19(20(22)25)15-6-4-3-5-7-15/h3-11,16,19H,2,12-13H2,1H3,(H2,22,25). The Bertz CT molecular complexity index is 833. The number of rotatable bonds is 6. The van der Waals surface area contributed by atoms with E-state index < -0.39 is 23.9 Å². The van der Waals surface area contributed by atoms with Crippen LogP contribution in [0.3, 0.4) is 0 Å². The predicted octanol–water partition coefficient (Wildman–Crippen LogP) is 2.37. The van der Waals surface area contributed by atoms with Gasteiger partial charge in [0.15, 0.2) is 0 Å². The number of nitrogens with zero attached hydrogens (tertiary/aromatic N) is 1. The zero-order valence-electron chi connectivity index (χ0n) is 15.1. The molecular weight excluding hydrogens is 344 g/mol. The maximum absolute atomic E-state index is 12.5. The molecule has 2 aromatic rings. The van der Waals surface area contributed by atoms with Crippen molar-refractivity contribution in [3.63, 3.8) is 0 Å². The minimum atomic E-state index is -1.16. The lowest BCUT2D eigenvalue weighted by molar-refractivity contribution is -0.159. The predicted molar refractivity (Wildman–Crippen MR) is 101 cm³/mol. The van der Waals surface area contributed by atoms with Gasteiger partial charge in [0.2, 0.25) is 12.0 Å². The molecule has 0 aromatic heterocycles. The molecule has 2 amide bonds. The molecule has 1 aliphatic rings. The number of carbonyl (C=O) groups is 3. The van der Waals surface area contributed by atoms with Crippen molar-refractivity contribution >= 4 is 23.5 Å². The van der Waals surface area contributed by atoms with E-state index in [1.807, 2.05) is 24.3 Å². The lowest BCUT2D eigenvalue weighted by Gasteiger charge is -2.19. The van der Waals surface area contributed by atoms with Gasteiger partial charge in [-0.1, -0.05) is 49.4 Å².